The van der Waals surface area contributed by atoms with E-state index in [0.717, 1.165) is 45.0 Å². The molecular weight excluding hydrogens is 468 g/mol. The zero-order chi connectivity index (χ0) is 25.7. The zero-order valence-corrected chi connectivity index (χ0v) is 20.4. The fourth-order valence-electron chi connectivity index (χ4n) is 4.41. The largest absolute Gasteiger partial charge is 0.289 e. The molecule has 0 aliphatic heterocycles. The third kappa shape index (κ3) is 4.86. The summed E-state index contributed by atoms with van der Waals surface area (Å²) in [7, 11) is 0. The van der Waals surface area contributed by atoms with Crippen LogP contribution in [0.5, 0.6) is 0 Å². The summed E-state index contributed by atoms with van der Waals surface area (Å²) in [6.45, 7) is 0. The van der Waals surface area contributed by atoms with Gasteiger partial charge in [-0.15, -0.1) is 0 Å². The molecule has 0 atom stereocenters. The number of benzene rings is 2. The van der Waals surface area contributed by atoms with E-state index in [1.54, 1.807) is 24.8 Å². The highest BCUT2D eigenvalue weighted by molar-refractivity contribution is 6.11. The van der Waals surface area contributed by atoms with Crippen LogP contribution in [0.15, 0.2) is 134 Å². The van der Waals surface area contributed by atoms with Gasteiger partial charge in [0, 0.05) is 58.2 Å². The number of rotatable bonds is 6. The Morgan fingerprint density at radius 1 is 0.395 bits per heavy atom. The minimum Gasteiger partial charge on any atom is -0.289 e. The smallest absolute Gasteiger partial charge is 0.193 e. The number of nitrogens with zero attached hydrogens (tertiary/aromatic N) is 4. The molecule has 0 fully saturated rings. The van der Waals surface area contributed by atoms with Gasteiger partial charge >= 0.3 is 0 Å². The molecule has 38 heavy (non-hydrogen) atoms. The summed E-state index contributed by atoms with van der Waals surface area (Å²) in [6, 6.07) is 34.6. The summed E-state index contributed by atoms with van der Waals surface area (Å²) in [6.07, 6.45) is 7.00. The first-order chi connectivity index (χ1) is 18.7. The maximum Gasteiger partial charge on any atom is 0.193 e. The molecule has 0 spiro atoms. The van der Waals surface area contributed by atoms with Crippen LogP contribution in [0.1, 0.15) is 15.9 Å². The lowest BCUT2D eigenvalue weighted by Gasteiger charge is -2.12. The van der Waals surface area contributed by atoms with E-state index in [9.17, 15) is 4.79 Å². The van der Waals surface area contributed by atoms with Crippen LogP contribution in [0.4, 0.5) is 0 Å². The fourth-order valence-corrected chi connectivity index (χ4v) is 4.41. The maximum absolute atomic E-state index is 14.1. The molecule has 0 saturated carbocycles. The highest BCUT2D eigenvalue weighted by Crippen LogP contribution is 2.30. The lowest BCUT2D eigenvalue weighted by molar-refractivity contribution is 0.103. The zero-order valence-electron chi connectivity index (χ0n) is 20.4. The van der Waals surface area contributed by atoms with Gasteiger partial charge in [-0.2, -0.15) is 0 Å². The topological polar surface area (TPSA) is 68.6 Å². The fraction of sp³-hybridized carbons (Fsp3) is 0. The summed E-state index contributed by atoms with van der Waals surface area (Å²) >= 11 is 0. The van der Waals surface area contributed by atoms with Crippen LogP contribution in [0.3, 0.4) is 0 Å². The molecule has 180 valence electrons. The van der Waals surface area contributed by atoms with Crippen LogP contribution >= 0.6 is 0 Å². The molecule has 0 saturated heterocycles. The van der Waals surface area contributed by atoms with Crippen LogP contribution in [-0.2, 0) is 0 Å². The van der Waals surface area contributed by atoms with Crippen molar-refractivity contribution in [2.45, 2.75) is 0 Å². The number of hydrogen-bond acceptors (Lipinski definition) is 5. The van der Waals surface area contributed by atoms with Crippen molar-refractivity contribution in [3.8, 4) is 45.0 Å². The van der Waals surface area contributed by atoms with Gasteiger partial charge in [-0.1, -0.05) is 24.3 Å². The molecule has 0 radical (unpaired) electrons. The van der Waals surface area contributed by atoms with E-state index < -0.39 is 0 Å². The Hall–Kier alpha value is -5.29. The molecule has 0 bridgehead atoms. The SMILES string of the molecule is O=C(c1cc(-c2ccccn2)cc(-c2ccccn2)c1)c1cc(-c2ccccn2)cc(-c2ccccn2)c1. The summed E-state index contributed by atoms with van der Waals surface area (Å²) in [5.41, 5.74) is 7.66. The maximum atomic E-state index is 14.1. The molecule has 2 aromatic carbocycles. The van der Waals surface area contributed by atoms with Crippen molar-refractivity contribution in [1.82, 2.24) is 19.9 Å². The number of carbonyl (C=O) groups is 1. The summed E-state index contributed by atoms with van der Waals surface area (Å²) < 4.78 is 0. The molecule has 0 amide bonds. The first kappa shape index (κ1) is 23.1. The van der Waals surface area contributed by atoms with Crippen molar-refractivity contribution in [2.24, 2.45) is 0 Å². The van der Waals surface area contributed by atoms with Crippen molar-refractivity contribution >= 4 is 5.78 Å². The Labute approximate surface area is 220 Å². The second kappa shape index (κ2) is 10.4. The van der Waals surface area contributed by atoms with Crippen LogP contribution in [-0.4, -0.2) is 25.7 Å². The molecule has 4 aromatic heterocycles. The predicted octanol–water partition coefficient (Wildman–Crippen LogP) is 7.17. The van der Waals surface area contributed by atoms with Crippen molar-refractivity contribution in [2.75, 3.05) is 0 Å². The predicted molar refractivity (Wildman–Crippen MR) is 149 cm³/mol. The second-order valence-corrected chi connectivity index (χ2v) is 8.79. The molecule has 5 heteroatoms. The minimum atomic E-state index is -0.102. The van der Waals surface area contributed by atoms with E-state index >= 15 is 0 Å². The summed E-state index contributed by atoms with van der Waals surface area (Å²) in [5.74, 6) is -0.102. The van der Waals surface area contributed by atoms with Gasteiger partial charge in [0.25, 0.3) is 0 Å². The van der Waals surface area contributed by atoms with E-state index in [1.165, 1.54) is 0 Å². The molecule has 0 aliphatic rings. The summed E-state index contributed by atoms with van der Waals surface area (Å²) in [5, 5.41) is 0. The average Bonchev–Trinajstić information content (AvgIpc) is 3.02. The Kier molecular flexibility index (Phi) is 6.31. The molecule has 6 aromatic rings. The molecule has 5 nitrogen and oxygen atoms in total. The van der Waals surface area contributed by atoms with E-state index in [-0.39, 0.29) is 5.78 Å². The van der Waals surface area contributed by atoms with Crippen LogP contribution < -0.4 is 0 Å². The quantitative estimate of drug-likeness (QED) is 0.232. The Bertz CT molecular complexity index is 1460. The first-order valence-corrected chi connectivity index (χ1v) is 12.3. The highest BCUT2D eigenvalue weighted by Gasteiger charge is 2.17. The minimum absolute atomic E-state index is 0.102. The van der Waals surface area contributed by atoms with Gasteiger partial charge in [-0.25, -0.2) is 0 Å². The first-order valence-electron chi connectivity index (χ1n) is 12.3. The normalized spacial score (nSPS) is 10.7. The van der Waals surface area contributed by atoms with Gasteiger partial charge < -0.3 is 0 Å². The van der Waals surface area contributed by atoms with Gasteiger partial charge in [0.05, 0.1) is 22.8 Å². The second-order valence-electron chi connectivity index (χ2n) is 8.79. The average molecular weight is 491 g/mol. The van der Waals surface area contributed by atoms with E-state index in [2.05, 4.69) is 19.9 Å². The highest BCUT2D eigenvalue weighted by atomic mass is 16.1. The molecule has 0 unspecified atom stereocenters. The lowest BCUT2D eigenvalue weighted by atomic mass is 9.93. The Balaban J connectivity index is 1.51. The number of aromatic nitrogens is 4. The molecule has 0 N–H and O–H groups in total. The van der Waals surface area contributed by atoms with Crippen LogP contribution in [0, 0.1) is 0 Å². The van der Waals surface area contributed by atoms with E-state index in [1.807, 2.05) is 109 Å². The number of carbonyl (C=O) groups excluding carboxylic acids is 1. The molecular formula is C33H22N4O. The molecule has 6 rings (SSSR count). The third-order valence-electron chi connectivity index (χ3n) is 6.23. The van der Waals surface area contributed by atoms with E-state index in [0.29, 0.717) is 11.1 Å². The van der Waals surface area contributed by atoms with Crippen molar-refractivity contribution in [3.05, 3.63) is 145 Å². The van der Waals surface area contributed by atoms with Crippen molar-refractivity contribution in [1.29, 1.82) is 0 Å². The van der Waals surface area contributed by atoms with Gasteiger partial charge in [-0.3, -0.25) is 24.7 Å². The lowest BCUT2D eigenvalue weighted by Crippen LogP contribution is -2.04. The van der Waals surface area contributed by atoms with Crippen LogP contribution in [0.2, 0.25) is 0 Å². The Morgan fingerprint density at radius 3 is 0.921 bits per heavy atom. The van der Waals surface area contributed by atoms with Gasteiger partial charge in [0.1, 0.15) is 0 Å². The van der Waals surface area contributed by atoms with Crippen molar-refractivity contribution < 1.29 is 4.79 Å². The monoisotopic (exact) mass is 490 g/mol. The van der Waals surface area contributed by atoms with Gasteiger partial charge in [-0.05, 0) is 84.9 Å². The number of ketones is 1. The molecule has 4 heterocycles. The third-order valence-corrected chi connectivity index (χ3v) is 6.23. The van der Waals surface area contributed by atoms with E-state index in [4.69, 9.17) is 0 Å². The summed E-state index contributed by atoms with van der Waals surface area (Å²) in [4.78, 5) is 32.2. The standard InChI is InChI=1S/C33H22N4O/c38-33(27-19-23(29-9-1-5-13-34-29)17-24(20-27)30-10-2-6-14-35-30)28-21-25(31-11-3-7-15-36-31)18-26(22-28)32-12-4-8-16-37-32/h1-22H. The number of pyridine rings is 4. The molecule has 0 aliphatic carbocycles. The van der Waals surface area contributed by atoms with Crippen molar-refractivity contribution in [3.63, 3.8) is 0 Å². The van der Waals surface area contributed by atoms with Gasteiger partial charge in [0.15, 0.2) is 5.78 Å². The van der Waals surface area contributed by atoms with Gasteiger partial charge in [0.2, 0.25) is 0 Å². The Morgan fingerprint density at radius 2 is 0.684 bits per heavy atom. The number of hydrogen-bond donors (Lipinski definition) is 0. The van der Waals surface area contributed by atoms with Crippen LogP contribution in [0.25, 0.3) is 45.0 Å².